The minimum atomic E-state index is -4.02. The van der Waals surface area contributed by atoms with Crippen LogP contribution >= 0.6 is 22.9 Å². The molecule has 0 fully saturated rings. The first-order chi connectivity index (χ1) is 8.90. The van der Waals surface area contributed by atoms with Crippen LogP contribution in [0.15, 0.2) is 28.0 Å². The average Bonchev–Trinajstić information content (AvgIpc) is 2.77. The number of nitrogens with one attached hydrogen (secondary N) is 1. The highest BCUT2D eigenvalue weighted by Crippen LogP contribution is 2.23. The van der Waals surface area contributed by atoms with Crippen molar-refractivity contribution in [2.45, 2.75) is 4.21 Å². The van der Waals surface area contributed by atoms with Gasteiger partial charge in [0.05, 0.1) is 11.2 Å². The summed E-state index contributed by atoms with van der Waals surface area (Å²) in [6.45, 7) is 0. The molecule has 19 heavy (non-hydrogen) atoms. The van der Waals surface area contributed by atoms with Crippen LogP contribution in [-0.4, -0.2) is 29.5 Å². The van der Waals surface area contributed by atoms with E-state index in [0.717, 1.165) is 16.8 Å². The standard InChI is InChI=1S/C9H6ClN3O4S2/c10-6-3-5(1-2-11-6)13-19(16,17)9-7(8(14)15)12-4-18-9/h1-4H,(H,11,13)(H,14,15). The molecule has 0 amide bonds. The molecule has 0 aliphatic carbocycles. The highest BCUT2D eigenvalue weighted by atomic mass is 35.5. The molecule has 2 rings (SSSR count). The second-order valence-electron chi connectivity index (χ2n) is 3.27. The molecule has 0 unspecified atom stereocenters. The minimum Gasteiger partial charge on any atom is -0.476 e. The van der Waals surface area contributed by atoms with Gasteiger partial charge in [-0.05, 0) is 12.1 Å². The smallest absolute Gasteiger partial charge is 0.356 e. The number of carbonyl (C=O) groups is 1. The van der Waals surface area contributed by atoms with Crippen LogP contribution in [0.5, 0.6) is 0 Å². The third-order valence-corrected chi connectivity index (χ3v) is 4.92. The molecule has 2 aromatic rings. The molecule has 100 valence electrons. The van der Waals surface area contributed by atoms with Crippen LogP contribution in [0.4, 0.5) is 5.69 Å². The number of thiazole rings is 1. The molecule has 10 heteroatoms. The fourth-order valence-corrected chi connectivity index (χ4v) is 3.60. The van der Waals surface area contributed by atoms with E-state index in [4.69, 9.17) is 16.7 Å². The summed E-state index contributed by atoms with van der Waals surface area (Å²) in [5.41, 5.74) is 0.819. The van der Waals surface area contributed by atoms with Crippen LogP contribution in [0, 0.1) is 0 Å². The second-order valence-corrected chi connectivity index (χ2v) is 6.39. The van der Waals surface area contributed by atoms with E-state index in [9.17, 15) is 13.2 Å². The molecule has 0 aliphatic heterocycles. The Morgan fingerprint density at radius 1 is 1.42 bits per heavy atom. The van der Waals surface area contributed by atoms with Gasteiger partial charge in [-0.3, -0.25) is 4.72 Å². The second kappa shape index (κ2) is 5.11. The lowest BCUT2D eigenvalue weighted by atomic mass is 10.4. The molecule has 0 spiro atoms. The van der Waals surface area contributed by atoms with Crippen molar-refractivity contribution in [2.24, 2.45) is 0 Å². The Hall–Kier alpha value is -1.71. The molecule has 0 saturated heterocycles. The predicted molar refractivity (Wildman–Crippen MR) is 69.1 cm³/mol. The van der Waals surface area contributed by atoms with Crippen molar-refractivity contribution in [3.8, 4) is 0 Å². The molecule has 2 aromatic heterocycles. The number of halogens is 1. The van der Waals surface area contributed by atoms with E-state index in [1.807, 2.05) is 0 Å². The molecule has 2 N–H and O–H groups in total. The summed E-state index contributed by atoms with van der Waals surface area (Å²) in [6, 6.07) is 2.70. The van der Waals surface area contributed by atoms with Gasteiger partial charge in [0.1, 0.15) is 5.15 Å². The van der Waals surface area contributed by atoms with E-state index in [2.05, 4.69) is 14.7 Å². The maximum atomic E-state index is 12.0. The van der Waals surface area contributed by atoms with Crippen molar-refractivity contribution in [1.82, 2.24) is 9.97 Å². The molecule has 0 bridgehead atoms. The van der Waals surface area contributed by atoms with Gasteiger partial charge in [0, 0.05) is 6.20 Å². The molecule has 0 atom stereocenters. The summed E-state index contributed by atoms with van der Waals surface area (Å²) in [6.07, 6.45) is 1.32. The van der Waals surface area contributed by atoms with E-state index in [-0.39, 0.29) is 15.0 Å². The van der Waals surface area contributed by atoms with Gasteiger partial charge in [-0.25, -0.2) is 23.2 Å². The van der Waals surface area contributed by atoms with Crippen molar-refractivity contribution < 1.29 is 18.3 Å². The van der Waals surface area contributed by atoms with Crippen LogP contribution < -0.4 is 4.72 Å². The van der Waals surface area contributed by atoms with Crippen molar-refractivity contribution >= 4 is 44.6 Å². The van der Waals surface area contributed by atoms with Crippen molar-refractivity contribution in [1.29, 1.82) is 0 Å². The Morgan fingerprint density at radius 3 is 2.79 bits per heavy atom. The number of aromatic carboxylic acids is 1. The normalized spacial score (nSPS) is 11.2. The Morgan fingerprint density at radius 2 is 2.16 bits per heavy atom. The summed E-state index contributed by atoms with van der Waals surface area (Å²) in [4.78, 5) is 18.1. The zero-order valence-corrected chi connectivity index (χ0v) is 11.5. The van der Waals surface area contributed by atoms with Gasteiger partial charge in [0.2, 0.25) is 0 Å². The summed E-state index contributed by atoms with van der Waals surface area (Å²) < 4.78 is 25.9. The molecule has 0 saturated carbocycles. The summed E-state index contributed by atoms with van der Waals surface area (Å²) in [7, 11) is -4.02. The van der Waals surface area contributed by atoms with Crippen molar-refractivity contribution in [3.05, 3.63) is 34.7 Å². The number of hydrogen-bond acceptors (Lipinski definition) is 6. The highest BCUT2D eigenvalue weighted by molar-refractivity contribution is 7.94. The molecular formula is C9H6ClN3O4S2. The van der Waals surface area contributed by atoms with Crippen LogP contribution in [0.25, 0.3) is 0 Å². The van der Waals surface area contributed by atoms with Crippen LogP contribution in [0.1, 0.15) is 10.5 Å². The molecule has 0 aromatic carbocycles. The maximum absolute atomic E-state index is 12.0. The van der Waals surface area contributed by atoms with E-state index in [1.165, 1.54) is 18.3 Å². The Labute approximate surface area is 117 Å². The first-order valence-electron chi connectivity index (χ1n) is 4.71. The fraction of sp³-hybridized carbons (Fsp3) is 0. The average molecular weight is 320 g/mol. The van der Waals surface area contributed by atoms with Gasteiger partial charge in [-0.15, -0.1) is 11.3 Å². The van der Waals surface area contributed by atoms with Gasteiger partial charge >= 0.3 is 5.97 Å². The third kappa shape index (κ3) is 3.00. The number of hydrogen-bond donors (Lipinski definition) is 2. The summed E-state index contributed by atoms with van der Waals surface area (Å²) >= 11 is 6.35. The summed E-state index contributed by atoms with van der Waals surface area (Å²) in [5, 5.41) is 8.96. The molecule has 0 radical (unpaired) electrons. The van der Waals surface area contributed by atoms with Gasteiger partial charge in [-0.2, -0.15) is 0 Å². The van der Waals surface area contributed by atoms with Gasteiger partial charge in [0.25, 0.3) is 10.0 Å². The number of rotatable bonds is 4. The lowest BCUT2D eigenvalue weighted by Crippen LogP contribution is -2.15. The minimum absolute atomic E-state index is 0.114. The number of anilines is 1. The predicted octanol–water partition coefficient (Wildman–Crippen LogP) is 1.69. The first kappa shape index (κ1) is 13.7. The van der Waals surface area contributed by atoms with Crippen LogP contribution in [-0.2, 0) is 10.0 Å². The SMILES string of the molecule is O=C(O)c1ncsc1S(=O)(=O)Nc1ccnc(Cl)c1. The van der Waals surface area contributed by atoms with Gasteiger partial charge in [0.15, 0.2) is 9.90 Å². The lowest BCUT2D eigenvalue weighted by Gasteiger charge is -2.06. The quantitative estimate of drug-likeness (QED) is 0.830. The van der Waals surface area contributed by atoms with Crippen LogP contribution in [0.2, 0.25) is 5.15 Å². The molecular weight excluding hydrogens is 314 g/mol. The van der Waals surface area contributed by atoms with Crippen molar-refractivity contribution in [2.75, 3.05) is 4.72 Å². The number of aromatic nitrogens is 2. The largest absolute Gasteiger partial charge is 0.476 e. The highest BCUT2D eigenvalue weighted by Gasteiger charge is 2.25. The summed E-state index contributed by atoms with van der Waals surface area (Å²) in [5.74, 6) is -1.41. The lowest BCUT2D eigenvalue weighted by molar-refractivity contribution is 0.0687. The first-order valence-corrected chi connectivity index (χ1v) is 7.45. The van der Waals surface area contributed by atoms with Gasteiger partial charge in [-0.1, -0.05) is 11.6 Å². The molecule has 0 aliphatic rings. The molecule has 2 heterocycles. The fourth-order valence-electron chi connectivity index (χ4n) is 1.24. The number of pyridine rings is 1. The number of carboxylic acid groups (broad SMARTS) is 1. The Balaban J connectivity index is 2.38. The van der Waals surface area contributed by atoms with Gasteiger partial charge < -0.3 is 5.11 Å². The van der Waals surface area contributed by atoms with Crippen molar-refractivity contribution in [3.63, 3.8) is 0 Å². The number of sulfonamides is 1. The van der Waals surface area contributed by atoms with E-state index >= 15 is 0 Å². The monoisotopic (exact) mass is 319 g/mol. The Bertz CT molecular complexity index is 729. The number of nitrogens with zero attached hydrogens (tertiary/aromatic N) is 2. The Kier molecular flexibility index (Phi) is 3.69. The zero-order valence-electron chi connectivity index (χ0n) is 9.07. The van der Waals surface area contributed by atoms with E-state index in [0.29, 0.717) is 0 Å². The topological polar surface area (TPSA) is 109 Å². The van der Waals surface area contributed by atoms with Crippen LogP contribution in [0.3, 0.4) is 0 Å². The number of carboxylic acids is 1. The maximum Gasteiger partial charge on any atom is 0.356 e. The third-order valence-electron chi connectivity index (χ3n) is 1.96. The molecule has 7 nitrogen and oxygen atoms in total. The zero-order chi connectivity index (χ0) is 14.0. The van der Waals surface area contributed by atoms with E-state index < -0.39 is 21.7 Å². The van der Waals surface area contributed by atoms with E-state index in [1.54, 1.807) is 0 Å².